The third-order valence-electron chi connectivity index (χ3n) is 4.63. The molecule has 2 aromatic carbocycles. The van der Waals surface area contributed by atoms with Crippen LogP contribution in [0.15, 0.2) is 42.5 Å². The lowest BCUT2D eigenvalue weighted by Gasteiger charge is -2.31. The Kier molecular flexibility index (Phi) is 5.89. The first-order chi connectivity index (χ1) is 12.2. The van der Waals surface area contributed by atoms with Crippen molar-refractivity contribution in [3.63, 3.8) is 0 Å². The van der Waals surface area contributed by atoms with Crippen LogP contribution in [-0.2, 0) is 13.1 Å². The predicted octanol–water partition coefficient (Wildman–Crippen LogP) is 3.09. The number of aliphatic hydroxyl groups excluding tert-OH is 1. The first-order valence-corrected chi connectivity index (χ1v) is 8.71. The molecule has 2 N–H and O–H groups in total. The molecule has 25 heavy (non-hydrogen) atoms. The fraction of sp³-hybridized carbons (Fsp3) is 0.400. The van der Waals surface area contributed by atoms with Gasteiger partial charge in [-0.15, -0.1) is 0 Å². The van der Waals surface area contributed by atoms with Crippen molar-refractivity contribution in [2.24, 2.45) is 0 Å². The van der Waals surface area contributed by atoms with Gasteiger partial charge in [0.15, 0.2) is 0 Å². The summed E-state index contributed by atoms with van der Waals surface area (Å²) in [4.78, 5) is 2.01. The molecule has 3 rings (SSSR count). The number of aliphatic hydroxyl groups is 1. The van der Waals surface area contributed by atoms with Crippen molar-refractivity contribution < 1.29 is 14.2 Å². The molecule has 0 radical (unpaired) electrons. The molecule has 0 bridgehead atoms. The fourth-order valence-electron chi connectivity index (χ4n) is 3.12. The third kappa shape index (κ3) is 4.71. The number of ether oxygens (including phenoxy) is 1. The zero-order valence-electron chi connectivity index (χ0n) is 14.5. The Morgan fingerprint density at radius 1 is 1.08 bits per heavy atom. The van der Waals surface area contributed by atoms with Crippen molar-refractivity contribution in [3.05, 3.63) is 59.4 Å². The van der Waals surface area contributed by atoms with Gasteiger partial charge in [0.2, 0.25) is 0 Å². The van der Waals surface area contributed by atoms with Gasteiger partial charge in [0.25, 0.3) is 0 Å². The molecule has 1 heterocycles. The minimum absolute atomic E-state index is 0.194. The van der Waals surface area contributed by atoms with Crippen LogP contribution in [0, 0.1) is 5.82 Å². The molecule has 0 aromatic heterocycles. The monoisotopic (exact) mass is 344 g/mol. The van der Waals surface area contributed by atoms with Gasteiger partial charge < -0.3 is 20.1 Å². The van der Waals surface area contributed by atoms with Crippen molar-refractivity contribution in [1.29, 1.82) is 0 Å². The van der Waals surface area contributed by atoms with E-state index in [9.17, 15) is 9.50 Å². The van der Waals surface area contributed by atoms with E-state index in [0.29, 0.717) is 38.2 Å². The topological polar surface area (TPSA) is 44.7 Å². The van der Waals surface area contributed by atoms with Crippen molar-refractivity contribution >= 4 is 5.69 Å². The van der Waals surface area contributed by atoms with Crippen LogP contribution in [0.4, 0.5) is 10.1 Å². The summed E-state index contributed by atoms with van der Waals surface area (Å²) in [6.07, 6.45) is 1.15. The molecule has 0 amide bonds. The number of benzene rings is 2. The Balaban J connectivity index is 1.53. The maximum atomic E-state index is 14.4. The summed E-state index contributed by atoms with van der Waals surface area (Å²) in [5.41, 5.74) is 2.71. The molecule has 0 aliphatic carbocycles. The summed E-state index contributed by atoms with van der Waals surface area (Å²) in [5.74, 6) is 0.645. The van der Waals surface area contributed by atoms with E-state index in [1.807, 2.05) is 41.3 Å². The number of nitrogens with one attached hydrogen (secondary N) is 1. The van der Waals surface area contributed by atoms with Crippen molar-refractivity contribution in [1.82, 2.24) is 5.32 Å². The highest BCUT2D eigenvalue weighted by atomic mass is 19.1. The van der Waals surface area contributed by atoms with Crippen LogP contribution in [-0.4, -0.2) is 31.4 Å². The number of halogens is 1. The number of piperidine rings is 1. The molecule has 2 aromatic rings. The van der Waals surface area contributed by atoms with Crippen molar-refractivity contribution in [2.45, 2.75) is 32.0 Å². The smallest absolute Gasteiger partial charge is 0.146 e. The van der Waals surface area contributed by atoms with Crippen LogP contribution >= 0.6 is 0 Å². The van der Waals surface area contributed by atoms with Gasteiger partial charge >= 0.3 is 0 Å². The SMILES string of the molecule is COc1ccc(CNCc2ccc(N3CCC(O)CC3)c(F)c2)cc1. The van der Waals surface area contributed by atoms with E-state index in [0.717, 1.165) is 23.4 Å². The average Bonchev–Trinajstić information content (AvgIpc) is 2.63. The van der Waals surface area contributed by atoms with Crippen molar-refractivity contribution in [2.75, 3.05) is 25.1 Å². The fourth-order valence-corrected chi connectivity index (χ4v) is 3.12. The Hall–Kier alpha value is -2.11. The maximum Gasteiger partial charge on any atom is 0.146 e. The van der Waals surface area contributed by atoms with Crippen LogP contribution in [0.2, 0.25) is 0 Å². The van der Waals surface area contributed by atoms with Gasteiger partial charge in [0.05, 0.1) is 18.9 Å². The van der Waals surface area contributed by atoms with Crippen LogP contribution in [0.25, 0.3) is 0 Å². The number of anilines is 1. The molecule has 5 heteroatoms. The molecule has 1 fully saturated rings. The van der Waals surface area contributed by atoms with Gasteiger partial charge in [-0.3, -0.25) is 0 Å². The number of methoxy groups -OCH3 is 1. The predicted molar refractivity (Wildman–Crippen MR) is 97.4 cm³/mol. The summed E-state index contributed by atoms with van der Waals surface area (Å²) < 4.78 is 19.6. The number of rotatable bonds is 6. The zero-order chi connectivity index (χ0) is 17.6. The van der Waals surface area contributed by atoms with E-state index in [1.165, 1.54) is 0 Å². The molecule has 1 aliphatic rings. The van der Waals surface area contributed by atoms with Crippen LogP contribution < -0.4 is 15.0 Å². The first-order valence-electron chi connectivity index (χ1n) is 8.71. The molecular weight excluding hydrogens is 319 g/mol. The van der Waals surface area contributed by atoms with Gasteiger partial charge in [-0.1, -0.05) is 18.2 Å². The molecule has 1 aliphatic heterocycles. The quantitative estimate of drug-likeness (QED) is 0.845. The van der Waals surface area contributed by atoms with Crippen molar-refractivity contribution in [3.8, 4) is 5.75 Å². The minimum atomic E-state index is -0.249. The highest BCUT2D eigenvalue weighted by Crippen LogP contribution is 2.24. The number of hydrogen-bond donors (Lipinski definition) is 2. The Morgan fingerprint density at radius 3 is 2.36 bits per heavy atom. The van der Waals surface area contributed by atoms with Gasteiger partial charge in [-0.25, -0.2) is 4.39 Å². The molecule has 0 unspecified atom stereocenters. The third-order valence-corrected chi connectivity index (χ3v) is 4.63. The molecule has 0 spiro atoms. The Bertz CT molecular complexity index is 683. The zero-order valence-corrected chi connectivity index (χ0v) is 14.5. The number of nitrogens with zero attached hydrogens (tertiary/aromatic N) is 1. The standard InChI is InChI=1S/C20H25FN2O2/c1-25-18-5-2-15(3-6-18)13-22-14-16-4-7-20(19(21)12-16)23-10-8-17(24)9-11-23/h2-7,12,17,22,24H,8-11,13-14H2,1H3. The van der Waals surface area contributed by atoms with E-state index < -0.39 is 0 Å². The maximum absolute atomic E-state index is 14.4. The second-order valence-corrected chi connectivity index (χ2v) is 6.46. The molecular formula is C20H25FN2O2. The van der Waals surface area contributed by atoms with Gasteiger partial charge in [0, 0.05) is 26.2 Å². The van der Waals surface area contributed by atoms with E-state index >= 15 is 0 Å². The van der Waals surface area contributed by atoms with Gasteiger partial charge in [0.1, 0.15) is 11.6 Å². The molecule has 1 saturated heterocycles. The van der Waals surface area contributed by atoms with Gasteiger partial charge in [-0.2, -0.15) is 0 Å². The molecule has 0 saturated carbocycles. The van der Waals surface area contributed by atoms with Gasteiger partial charge in [-0.05, 0) is 48.2 Å². The molecule has 0 atom stereocenters. The van der Waals surface area contributed by atoms with E-state index in [-0.39, 0.29) is 11.9 Å². The summed E-state index contributed by atoms with van der Waals surface area (Å²) in [5, 5.41) is 12.9. The molecule has 134 valence electrons. The lowest BCUT2D eigenvalue weighted by molar-refractivity contribution is 0.145. The van der Waals surface area contributed by atoms with E-state index in [2.05, 4.69) is 5.32 Å². The normalized spacial score (nSPS) is 15.4. The molecule has 4 nitrogen and oxygen atoms in total. The lowest BCUT2D eigenvalue weighted by Crippen LogP contribution is -2.36. The Morgan fingerprint density at radius 2 is 1.72 bits per heavy atom. The largest absolute Gasteiger partial charge is 0.497 e. The van der Waals surface area contributed by atoms with E-state index in [4.69, 9.17) is 4.74 Å². The minimum Gasteiger partial charge on any atom is -0.497 e. The lowest BCUT2D eigenvalue weighted by atomic mass is 10.1. The van der Waals surface area contributed by atoms with Crippen LogP contribution in [0.5, 0.6) is 5.75 Å². The van der Waals surface area contributed by atoms with Crippen LogP contribution in [0.1, 0.15) is 24.0 Å². The van der Waals surface area contributed by atoms with E-state index in [1.54, 1.807) is 13.2 Å². The number of hydrogen-bond acceptors (Lipinski definition) is 4. The summed E-state index contributed by atoms with van der Waals surface area (Å²) in [7, 11) is 1.65. The summed E-state index contributed by atoms with van der Waals surface area (Å²) in [6, 6.07) is 13.3. The summed E-state index contributed by atoms with van der Waals surface area (Å²) >= 11 is 0. The average molecular weight is 344 g/mol. The highest BCUT2D eigenvalue weighted by molar-refractivity contribution is 5.49. The summed E-state index contributed by atoms with van der Waals surface area (Å²) in [6.45, 7) is 2.74. The van der Waals surface area contributed by atoms with Crippen LogP contribution in [0.3, 0.4) is 0 Å². The first kappa shape index (κ1) is 17.7. The Labute approximate surface area is 148 Å². The second kappa shape index (κ2) is 8.32. The second-order valence-electron chi connectivity index (χ2n) is 6.46. The highest BCUT2D eigenvalue weighted by Gasteiger charge is 2.19.